The Morgan fingerprint density at radius 1 is 1.20 bits per heavy atom. The first kappa shape index (κ1) is 7.29. The van der Waals surface area contributed by atoms with Crippen molar-refractivity contribution in [3.8, 4) is 0 Å². The van der Waals surface area contributed by atoms with Gasteiger partial charge in [-0.3, -0.25) is 0 Å². The molecule has 0 aliphatic rings. The lowest BCUT2D eigenvalue weighted by molar-refractivity contribution is 0.829. The van der Waals surface area contributed by atoms with Gasteiger partial charge in [0.05, 0.1) is 0 Å². The van der Waals surface area contributed by atoms with Gasteiger partial charge in [0.1, 0.15) is 0 Å². The lowest BCUT2D eigenvalue weighted by Gasteiger charge is -1.97. The Hall–Kier alpha value is -0.820. The lowest BCUT2D eigenvalue weighted by atomic mass is 10.2. The van der Waals surface area contributed by atoms with Crippen molar-refractivity contribution in [1.29, 1.82) is 0 Å². The molecule has 0 amide bonds. The topological polar surface area (TPSA) is 12.0 Å². The van der Waals surface area contributed by atoms with E-state index in [0.717, 1.165) is 13.0 Å². The lowest BCUT2D eigenvalue weighted by Crippen LogP contribution is -2.07. The summed E-state index contributed by atoms with van der Waals surface area (Å²) in [6, 6.07) is 10.3. The molecule has 10 heavy (non-hydrogen) atoms. The van der Waals surface area contributed by atoms with Crippen LogP contribution >= 0.6 is 0 Å². The molecule has 52 valence electrons. The number of benzene rings is 1. The molecule has 1 rings (SSSR count). The van der Waals surface area contributed by atoms with Crippen LogP contribution in [0.25, 0.3) is 0 Å². The highest BCUT2D eigenvalue weighted by molar-refractivity contribution is 5.14. The highest BCUT2D eigenvalue weighted by atomic mass is 14.8. The summed E-state index contributed by atoms with van der Waals surface area (Å²) < 4.78 is 0. The zero-order valence-electron chi connectivity index (χ0n) is 5.88. The number of rotatable bonds is 3. The average molecular weight is 133 g/mol. The quantitative estimate of drug-likeness (QED) is 0.616. The Labute approximate surface area is 62.1 Å². The zero-order valence-corrected chi connectivity index (χ0v) is 5.88. The summed E-state index contributed by atoms with van der Waals surface area (Å²) >= 11 is 0. The minimum atomic E-state index is 0.837. The van der Waals surface area contributed by atoms with Crippen LogP contribution in [-0.2, 0) is 6.42 Å². The minimum Gasteiger partial charge on any atom is -0.311 e. The fourth-order valence-corrected chi connectivity index (χ4v) is 0.861. The van der Waals surface area contributed by atoms with Crippen LogP contribution in [0.2, 0.25) is 0 Å². The monoisotopic (exact) mass is 133 g/mol. The number of hydrogen-bond acceptors (Lipinski definition) is 1. The molecule has 1 aromatic carbocycles. The Morgan fingerprint density at radius 3 is 2.50 bits per heavy atom. The third-order valence-corrected chi connectivity index (χ3v) is 1.40. The fraction of sp³-hybridized carbons (Fsp3) is 0.222. The van der Waals surface area contributed by atoms with E-state index in [9.17, 15) is 0 Å². The van der Waals surface area contributed by atoms with E-state index in [4.69, 9.17) is 7.05 Å². The molecule has 0 fully saturated rings. The molecule has 1 nitrogen and oxygen atoms in total. The van der Waals surface area contributed by atoms with Gasteiger partial charge in [0.2, 0.25) is 0 Å². The molecule has 2 radical (unpaired) electrons. The maximum Gasteiger partial charge on any atom is 0.0407 e. The third-order valence-electron chi connectivity index (χ3n) is 1.40. The smallest absolute Gasteiger partial charge is 0.0407 e. The van der Waals surface area contributed by atoms with E-state index in [-0.39, 0.29) is 0 Å². The van der Waals surface area contributed by atoms with Gasteiger partial charge in [-0.25, -0.2) is 0 Å². The van der Waals surface area contributed by atoms with Crippen molar-refractivity contribution in [2.75, 3.05) is 6.54 Å². The number of nitrogens with one attached hydrogen (secondary N) is 1. The van der Waals surface area contributed by atoms with Gasteiger partial charge in [0, 0.05) is 7.05 Å². The predicted molar refractivity (Wildman–Crippen MR) is 42.4 cm³/mol. The van der Waals surface area contributed by atoms with Crippen LogP contribution in [0.1, 0.15) is 5.56 Å². The Kier molecular flexibility index (Phi) is 2.97. The molecule has 0 spiro atoms. The molecule has 0 saturated carbocycles. The summed E-state index contributed by atoms with van der Waals surface area (Å²) in [4.78, 5) is 0. The fourth-order valence-electron chi connectivity index (χ4n) is 0.861. The first-order chi connectivity index (χ1) is 4.93. The van der Waals surface area contributed by atoms with E-state index in [1.54, 1.807) is 0 Å². The first-order valence-corrected chi connectivity index (χ1v) is 3.41. The average Bonchev–Trinajstić information content (AvgIpc) is 2.03. The molecule has 0 saturated heterocycles. The maximum atomic E-state index is 5.13. The SMILES string of the molecule is [CH]NCCc1ccccc1. The van der Waals surface area contributed by atoms with E-state index in [1.165, 1.54) is 5.56 Å². The summed E-state index contributed by atoms with van der Waals surface area (Å²) in [7, 11) is 5.13. The second-order valence-electron chi connectivity index (χ2n) is 2.19. The van der Waals surface area contributed by atoms with Crippen LogP contribution in [0, 0.1) is 7.05 Å². The second-order valence-corrected chi connectivity index (χ2v) is 2.19. The Balaban J connectivity index is 2.43. The Morgan fingerprint density at radius 2 is 1.90 bits per heavy atom. The van der Waals surface area contributed by atoms with Gasteiger partial charge in [-0.05, 0) is 18.5 Å². The van der Waals surface area contributed by atoms with Crippen LogP contribution < -0.4 is 5.32 Å². The van der Waals surface area contributed by atoms with Gasteiger partial charge in [-0.1, -0.05) is 30.3 Å². The largest absolute Gasteiger partial charge is 0.311 e. The number of hydrogen-bond donors (Lipinski definition) is 1. The van der Waals surface area contributed by atoms with Crippen LogP contribution in [0.15, 0.2) is 30.3 Å². The molecular formula is C9H11N. The summed E-state index contributed by atoms with van der Waals surface area (Å²) in [5.41, 5.74) is 1.32. The van der Waals surface area contributed by atoms with Crippen molar-refractivity contribution >= 4 is 0 Å². The van der Waals surface area contributed by atoms with Crippen LogP contribution in [0.5, 0.6) is 0 Å². The molecular weight excluding hydrogens is 122 g/mol. The maximum absolute atomic E-state index is 5.13. The highest BCUT2D eigenvalue weighted by Crippen LogP contribution is 1.97. The Bertz CT molecular complexity index is 169. The third kappa shape index (κ3) is 2.19. The van der Waals surface area contributed by atoms with E-state index < -0.39 is 0 Å². The van der Waals surface area contributed by atoms with Crippen LogP contribution in [-0.4, -0.2) is 6.54 Å². The van der Waals surface area contributed by atoms with Gasteiger partial charge in [-0.2, -0.15) is 0 Å². The van der Waals surface area contributed by atoms with Gasteiger partial charge in [-0.15, -0.1) is 0 Å². The van der Waals surface area contributed by atoms with Gasteiger partial charge >= 0.3 is 0 Å². The van der Waals surface area contributed by atoms with Crippen molar-refractivity contribution < 1.29 is 0 Å². The van der Waals surface area contributed by atoms with Crippen molar-refractivity contribution in [2.24, 2.45) is 0 Å². The summed E-state index contributed by atoms with van der Waals surface area (Å²) in [5.74, 6) is 0. The minimum absolute atomic E-state index is 0.837. The van der Waals surface area contributed by atoms with Gasteiger partial charge in [0.25, 0.3) is 0 Å². The molecule has 0 unspecified atom stereocenters. The summed E-state index contributed by atoms with van der Waals surface area (Å²) in [6.45, 7) is 0.837. The van der Waals surface area contributed by atoms with E-state index in [1.807, 2.05) is 18.2 Å². The molecule has 1 heteroatoms. The molecule has 0 heterocycles. The van der Waals surface area contributed by atoms with Crippen molar-refractivity contribution in [3.63, 3.8) is 0 Å². The molecule has 0 aliphatic heterocycles. The molecule has 1 aromatic rings. The molecule has 0 bridgehead atoms. The standard InChI is InChI=1S/C9H11N/c1-10-8-7-9-5-3-2-4-6-9/h1-6,10H,7-8H2. The van der Waals surface area contributed by atoms with E-state index in [0.29, 0.717) is 0 Å². The predicted octanol–water partition coefficient (Wildman–Crippen LogP) is 1.49. The van der Waals surface area contributed by atoms with Crippen LogP contribution in [0.4, 0.5) is 0 Å². The summed E-state index contributed by atoms with van der Waals surface area (Å²) in [6.07, 6.45) is 0.997. The van der Waals surface area contributed by atoms with Gasteiger partial charge in [0.15, 0.2) is 0 Å². The van der Waals surface area contributed by atoms with Crippen molar-refractivity contribution in [1.82, 2.24) is 5.32 Å². The van der Waals surface area contributed by atoms with E-state index in [2.05, 4.69) is 17.4 Å². The highest BCUT2D eigenvalue weighted by Gasteiger charge is 1.86. The molecule has 0 aromatic heterocycles. The van der Waals surface area contributed by atoms with E-state index >= 15 is 0 Å². The molecule has 0 atom stereocenters. The van der Waals surface area contributed by atoms with Crippen LogP contribution in [0.3, 0.4) is 0 Å². The normalized spacial score (nSPS) is 9.70. The molecule has 1 N–H and O–H groups in total. The molecule has 0 aliphatic carbocycles. The van der Waals surface area contributed by atoms with Gasteiger partial charge < -0.3 is 5.32 Å². The second kappa shape index (κ2) is 4.07. The zero-order chi connectivity index (χ0) is 7.23. The van der Waals surface area contributed by atoms with Crippen molar-refractivity contribution in [2.45, 2.75) is 6.42 Å². The summed E-state index contributed by atoms with van der Waals surface area (Å²) in [5, 5.41) is 2.62. The first-order valence-electron chi connectivity index (χ1n) is 3.41. The van der Waals surface area contributed by atoms with Crippen molar-refractivity contribution in [3.05, 3.63) is 42.9 Å².